The van der Waals surface area contributed by atoms with Crippen molar-refractivity contribution < 1.29 is 28.8 Å². The van der Waals surface area contributed by atoms with E-state index in [0.717, 1.165) is 0 Å². The van der Waals surface area contributed by atoms with E-state index in [0.29, 0.717) is 0 Å². The predicted molar refractivity (Wildman–Crippen MR) is 54.7 cm³/mol. The van der Waals surface area contributed by atoms with Crippen molar-refractivity contribution in [3.63, 3.8) is 0 Å². The fourth-order valence-corrected chi connectivity index (χ4v) is 2.24. The highest BCUT2D eigenvalue weighted by atomic mass is 16.9. The molecule has 0 radical (unpaired) electrons. The monoisotopic (exact) mass is 247 g/mol. The number of aliphatic hydroxyl groups is 1. The first-order chi connectivity index (χ1) is 7.86. The molecule has 0 aliphatic carbocycles. The third kappa shape index (κ3) is 1.74. The molecule has 0 aromatic heterocycles. The topological polar surface area (TPSA) is 100 Å². The van der Waals surface area contributed by atoms with E-state index in [1.807, 2.05) is 0 Å². The Balaban J connectivity index is 2.34. The number of aliphatic hydroxyl groups excluding tert-OH is 1. The summed E-state index contributed by atoms with van der Waals surface area (Å²) < 4.78 is 21.0. The highest BCUT2D eigenvalue weighted by Crippen LogP contribution is 2.45. The molecule has 0 spiro atoms. The lowest BCUT2D eigenvalue weighted by Gasteiger charge is -2.25. The minimum absolute atomic E-state index is 0.0591. The van der Waals surface area contributed by atoms with Crippen LogP contribution in [0.4, 0.5) is 0 Å². The maximum absolute atomic E-state index is 11.8. The zero-order valence-electron chi connectivity index (χ0n) is 10.0. The molecule has 2 heterocycles. The molecule has 4 atom stereocenters. The lowest BCUT2D eigenvalue weighted by Crippen LogP contribution is -2.48. The molecule has 7 heteroatoms. The number of fused-ring (bicyclic) bond motifs is 1. The summed E-state index contributed by atoms with van der Waals surface area (Å²) in [5, 5.41) is 9.98. The SMILES string of the molecule is COC(=O)[C@@]12OC(CN)[C@@H](O)[C@@H]1OC(C)(C)O2. The van der Waals surface area contributed by atoms with E-state index in [2.05, 4.69) is 4.74 Å². The summed E-state index contributed by atoms with van der Waals surface area (Å²) in [5.41, 5.74) is 5.45. The fraction of sp³-hybridized carbons (Fsp3) is 0.900. The van der Waals surface area contributed by atoms with E-state index in [1.165, 1.54) is 7.11 Å². The lowest BCUT2D eigenvalue weighted by atomic mass is 10.1. The van der Waals surface area contributed by atoms with Gasteiger partial charge in [-0.1, -0.05) is 0 Å². The number of carbonyl (C=O) groups excluding carboxylic acids is 1. The zero-order valence-corrected chi connectivity index (χ0v) is 10.0. The molecule has 0 bridgehead atoms. The van der Waals surface area contributed by atoms with Crippen molar-refractivity contribution in [3.05, 3.63) is 0 Å². The molecular formula is C10H17NO6. The minimum Gasteiger partial charge on any atom is -0.465 e. The largest absolute Gasteiger partial charge is 0.465 e. The van der Waals surface area contributed by atoms with Gasteiger partial charge in [-0.3, -0.25) is 0 Å². The van der Waals surface area contributed by atoms with Gasteiger partial charge >= 0.3 is 11.8 Å². The van der Waals surface area contributed by atoms with Gasteiger partial charge in [0.05, 0.1) is 7.11 Å². The molecule has 98 valence electrons. The summed E-state index contributed by atoms with van der Waals surface area (Å²) in [4.78, 5) is 11.8. The molecule has 2 fully saturated rings. The van der Waals surface area contributed by atoms with Crippen molar-refractivity contribution in [2.45, 2.75) is 43.7 Å². The summed E-state index contributed by atoms with van der Waals surface area (Å²) in [5.74, 6) is -3.48. The van der Waals surface area contributed by atoms with Crippen LogP contribution in [0, 0.1) is 0 Å². The molecule has 1 unspecified atom stereocenters. The Hall–Kier alpha value is -0.730. The molecule has 0 aromatic carbocycles. The van der Waals surface area contributed by atoms with Crippen LogP contribution in [0.15, 0.2) is 0 Å². The van der Waals surface area contributed by atoms with Crippen molar-refractivity contribution in [2.24, 2.45) is 5.73 Å². The molecule has 2 saturated heterocycles. The van der Waals surface area contributed by atoms with Gasteiger partial charge in [0, 0.05) is 6.54 Å². The highest BCUT2D eigenvalue weighted by molar-refractivity contribution is 5.79. The van der Waals surface area contributed by atoms with E-state index in [9.17, 15) is 9.90 Å². The van der Waals surface area contributed by atoms with Crippen LogP contribution in [-0.2, 0) is 23.7 Å². The summed E-state index contributed by atoms with van der Waals surface area (Å²) in [7, 11) is 1.22. The minimum atomic E-state index is -1.72. The standard InChI is InChI=1S/C10H17NO6/c1-9(2)16-7-6(12)5(4-11)15-10(7,17-9)8(13)14-3/h5-7,12H,4,11H2,1-3H3/t5?,6-,7+,10-/m1/s1. The summed E-state index contributed by atoms with van der Waals surface area (Å²) in [6.07, 6.45) is -2.67. The number of esters is 1. The summed E-state index contributed by atoms with van der Waals surface area (Å²) >= 11 is 0. The Kier molecular flexibility index (Phi) is 2.91. The molecule has 17 heavy (non-hydrogen) atoms. The number of carbonyl (C=O) groups is 1. The third-order valence-corrected chi connectivity index (χ3v) is 2.90. The fourth-order valence-electron chi connectivity index (χ4n) is 2.24. The van der Waals surface area contributed by atoms with E-state index < -0.39 is 35.9 Å². The van der Waals surface area contributed by atoms with Gasteiger partial charge in [-0.05, 0) is 13.8 Å². The smallest absolute Gasteiger partial charge is 0.369 e. The number of hydrogen-bond donors (Lipinski definition) is 2. The van der Waals surface area contributed by atoms with Crippen LogP contribution in [0.25, 0.3) is 0 Å². The highest BCUT2D eigenvalue weighted by Gasteiger charge is 2.69. The number of rotatable bonds is 2. The van der Waals surface area contributed by atoms with Crippen LogP contribution in [0.3, 0.4) is 0 Å². The second kappa shape index (κ2) is 3.89. The number of hydrogen-bond acceptors (Lipinski definition) is 7. The molecule has 2 aliphatic rings. The Labute approximate surface area is 98.8 Å². The van der Waals surface area contributed by atoms with Gasteiger partial charge in [0.25, 0.3) is 0 Å². The first-order valence-corrected chi connectivity index (χ1v) is 5.38. The molecule has 7 nitrogen and oxygen atoms in total. The van der Waals surface area contributed by atoms with Gasteiger partial charge in [0.1, 0.15) is 12.2 Å². The predicted octanol–water partition coefficient (Wildman–Crippen LogP) is -1.27. The molecule has 0 amide bonds. The van der Waals surface area contributed by atoms with Crippen LogP contribution in [0.2, 0.25) is 0 Å². The first kappa shape index (κ1) is 12.7. The average molecular weight is 247 g/mol. The van der Waals surface area contributed by atoms with Crippen LogP contribution in [0.5, 0.6) is 0 Å². The van der Waals surface area contributed by atoms with Crippen molar-refractivity contribution in [3.8, 4) is 0 Å². The quantitative estimate of drug-likeness (QED) is 0.586. The van der Waals surface area contributed by atoms with Gasteiger partial charge in [-0.25, -0.2) is 4.79 Å². The molecule has 0 aromatic rings. The summed E-state index contributed by atoms with van der Waals surface area (Å²) in [6.45, 7) is 3.32. The first-order valence-electron chi connectivity index (χ1n) is 5.38. The molecule has 2 rings (SSSR count). The van der Waals surface area contributed by atoms with E-state index in [1.54, 1.807) is 13.8 Å². The maximum Gasteiger partial charge on any atom is 0.369 e. The Morgan fingerprint density at radius 2 is 2.12 bits per heavy atom. The zero-order chi connectivity index (χ0) is 12.8. The van der Waals surface area contributed by atoms with E-state index >= 15 is 0 Å². The van der Waals surface area contributed by atoms with Crippen LogP contribution < -0.4 is 5.73 Å². The van der Waals surface area contributed by atoms with Gasteiger partial charge in [0.15, 0.2) is 11.9 Å². The van der Waals surface area contributed by atoms with Gasteiger partial charge in [0.2, 0.25) is 0 Å². The van der Waals surface area contributed by atoms with Gasteiger partial charge in [-0.15, -0.1) is 0 Å². The second-order valence-electron chi connectivity index (χ2n) is 4.58. The molecular weight excluding hydrogens is 230 g/mol. The second-order valence-corrected chi connectivity index (χ2v) is 4.58. The van der Waals surface area contributed by atoms with Crippen molar-refractivity contribution in [1.29, 1.82) is 0 Å². The Morgan fingerprint density at radius 1 is 1.47 bits per heavy atom. The molecule has 0 saturated carbocycles. The van der Waals surface area contributed by atoms with Crippen LogP contribution in [-0.4, -0.2) is 54.6 Å². The van der Waals surface area contributed by atoms with E-state index in [-0.39, 0.29) is 6.54 Å². The lowest BCUT2D eigenvalue weighted by molar-refractivity contribution is -0.263. The van der Waals surface area contributed by atoms with Crippen molar-refractivity contribution >= 4 is 5.97 Å². The van der Waals surface area contributed by atoms with Gasteiger partial charge < -0.3 is 29.8 Å². The molecule has 2 aliphatic heterocycles. The van der Waals surface area contributed by atoms with Crippen molar-refractivity contribution in [2.75, 3.05) is 13.7 Å². The van der Waals surface area contributed by atoms with Crippen LogP contribution >= 0.6 is 0 Å². The van der Waals surface area contributed by atoms with Gasteiger partial charge in [-0.2, -0.15) is 0 Å². The maximum atomic E-state index is 11.8. The van der Waals surface area contributed by atoms with E-state index in [4.69, 9.17) is 19.9 Å². The Bertz CT molecular complexity index is 333. The number of nitrogens with two attached hydrogens (primary N) is 1. The number of methoxy groups -OCH3 is 1. The Morgan fingerprint density at radius 3 is 2.65 bits per heavy atom. The van der Waals surface area contributed by atoms with Crippen molar-refractivity contribution in [1.82, 2.24) is 0 Å². The third-order valence-electron chi connectivity index (χ3n) is 2.90. The summed E-state index contributed by atoms with van der Waals surface area (Å²) in [6, 6.07) is 0. The molecule has 3 N–H and O–H groups in total. The number of ether oxygens (including phenoxy) is 4. The van der Waals surface area contributed by atoms with Crippen LogP contribution in [0.1, 0.15) is 13.8 Å². The normalized spacial score (nSPS) is 43.5. The average Bonchev–Trinajstić information content (AvgIpc) is 2.68.